The maximum atomic E-state index is 12.4. The van der Waals surface area contributed by atoms with Crippen LogP contribution in [-0.4, -0.2) is 33.7 Å². The van der Waals surface area contributed by atoms with Gasteiger partial charge < -0.3 is 4.90 Å². The average molecular weight is 235 g/mol. The number of aryl methyl sites for hydroxylation is 1. The predicted molar refractivity (Wildman–Crippen MR) is 67.0 cm³/mol. The second-order valence-corrected chi connectivity index (χ2v) is 4.67. The lowest BCUT2D eigenvalue weighted by atomic mass is 10.2. The molecule has 0 aromatic carbocycles. The third kappa shape index (κ3) is 2.51. The van der Waals surface area contributed by atoms with Gasteiger partial charge in [0.2, 0.25) is 0 Å². The largest absolute Gasteiger partial charge is 0.339 e. The Kier molecular flexibility index (Phi) is 3.82. The van der Waals surface area contributed by atoms with Crippen molar-refractivity contribution in [2.45, 2.75) is 46.1 Å². The van der Waals surface area contributed by atoms with Gasteiger partial charge in [0.15, 0.2) is 0 Å². The summed E-state index contributed by atoms with van der Waals surface area (Å²) in [5.74, 6) is 0.157. The molecular formula is C13H21N3O. The van der Waals surface area contributed by atoms with Crippen LogP contribution in [0.3, 0.4) is 0 Å². The molecule has 0 radical (unpaired) electrons. The first-order valence-corrected chi connectivity index (χ1v) is 6.55. The summed E-state index contributed by atoms with van der Waals surface area (Å²) < 4.78 is 1.88. The summed E-state index contributed by atoms with van der Waals surface area (Å²) in [5, 5.41) is 4.24. The molecule has 2 heterocycles. The van der Waals surface area contributed by atoms with Crippen LogP contribution in [0.15, 0.2) is 6.20 Å². The topological polar surface area (TPSA) is 38.1 Å². The molecule has 4 nitrogen and oxygen atoms in total. The number of carbonyl (C=O) groups is 1. The number of likely N-dealkylation sites (tertiary alicyclic amines) is 1. The summed E-state index contributed by atoms with van der Waals surface area (Å²) in [6.07, 6.45) is 6.47. The third-order valence-corrected chi connectivity index (χ3v) is 3.53. The highest BCUT2D eigenvalue weighted by atomic mass is 16.2. The molecule has 0 spiro atoms. The SMILES string of the molecule is CCn1ncc(C(=O)N2CCCCCC2)c1C. The highest BCUT2D eigenvalue weighted by Gasteiger charge is 2.20. The lowest BCUT2D eigenvalue weighted by Gasteiger charge is -2.19. The highest BCUT2D eigenvalue weighted by Crippen LogP contribution is 2.15. The quantitative estimate of drug-likeness (QED) is 0.788. The van der Waals surface area contributed by atoms with E-state index in [1.165, 1.54) is 12.8 Å². The van der Waals surface area contributed by atoms with E-state index in [0.29, 0.717) is 0 Å². The average Bonchev–Trinajstić information content (AvgIpc) is 2.57. The summed E-state index contributed by atoms with van der Waals surface area (Å²) in [4.78, 5) is 14.4. The fraction of sp³-hybridized carbons (Fsp3) is 0.692. The van der Waals surface area contributed by atoms with Crippen LogP contribution >= 0.6 is 0 Å². The van der Waals surface area contributed by atoms with E-state index in [1.807, 2.05) is 23.4 Å². The number of aromatic nitrogens is 2. The predicted octanol–water partition coefficient (Wildman–Crippen LogP) is 2.23. The first kappa shape index (κ1) is 12.1. The smallest absolute Gasteiger partial charge is 0.257 e. The first-order chi connectivity index (χ1) is 8.24. The van der Waals surface area contributed by atoms with E-state index in [2.05, 4.69) is 5.10 Å². The molecule has 1 aromatic heterocycles. The van der Waals surface area contributed by atoms with Crippen LogP contribution in [0.5, 0.6) is 0 Å². The van der Waals surface area contributed by atoms with Gasteiger partial charge in [-0.15, -0.1) is 0 Å². The van der Waals surface area contributed by atoms with Gasteiger partial charge in [-0.25, -0.2) is 0 Å². The zero-order chi connectivity index (χ0) is 12.3. The molecule has 94 valence electrons. The molecule has 4 heteroatoms. The Bertz CT molecular complexity index is 389. The molecule has 1 fully saturated rings. The van der Waals surface area contributed by atoms with Crippen molar-refractivity contribution >= 4 is 5.91 Å². The van der Waals surface area contributed by atoms with E-state index in [9.17, 15) is 4.79 Å². The molecule has 0 aliphatic carbocycles. The number of hydrogen-bond acceptors (Lipinski definition) is 2. The summed E-state index contributed by atoms with van der Waals surface area (Å²) in [7, 11) is 0. The molecule has 1 amide bonds. The minimum absolute atomic E-state index is 0.157. The molecule has 2 rings (SSSR count). The van der Waals surface area contributed by atoms with Crippen molar-refractivity contribution < 1.29 is 4.79 Å². The van der Waals surface area contributed by atoms with E-state index in [4.69, 9.17) is 0 Å². The van der Waals surface area contributed by atoms with Crippen LogP contribution in [0.1, 0.15) is 48.7 Å². The molecule has 0 unspecified atom stereocenters. The van der Waals surface area contributed by atoms with Crippen molar-refractivity contribution in [1.82, 2.24) is 14.7 Å². The summed E-state index contributed by atoms with van der Waals surface area (Å²) >= 11 is 0. The van der Waals surface area contributed by atoms with Crippen molar-refractivity contribution in [3.05, 3.63) is 17.5 Å². The molecule has 1 saturated heterocycles. The maximum absolute atomic E-state index is 12.4. The Balaban J connectivity index is 2.14. The van der Waals surface area contributed by atoms with Crippen LogP contribution in [0.4, 0.5) is 0 Å². The lowest BCUT2D eigenvalue weighted by Crippen LogP contribution is -2.32. The number of rotatable bonds is 2. The Hall–Kier alpha value is -1.32. The second kappa shape index (κ2) is 5.34. The maximum Gasteiger partial charge on any atom is 0.257 e. The Labute approximate surface area is 103 Å². The minimum atomic E-state index is 0.157. The summed E-state index contributed by atoms with van der Waals surface area (Å²) in [6.45, 7) is 6.63. The normalized spacial score (nSPS) is 16.9. The van der Waals surface area contributed by atoms with Crippen molar-refractivity contribution in [2.75, 3.05) is 13.1 Å². The van der Waals surface area contributed by atoms with Crippen LogP contribution < -0.4 is 0 Å². The van der Waals surface area contributed by atoms with Crippen LogP contribution in [0.25, 0.3) is 0 Å². The van der Waals surface area contributed by atoms with Gasteiger partial charge >= 0.3 is 0 Å². The molecular weight excluding hydrogens is 214 g/mol. The van der Waals surface area contributed by atoms with E-state index in [0.717, 1.165) is 43.7 Å². The Morgan fingerprint density at radius 3 is 2.47 bits per heavy atom. The molecule has 0 saturated carbocycles. The fourth-order valence-corrected chi connectivity index (χ4v) is 2.42. The van der Waals surface area contributed by atoms with Gasteiger partial charge in [-0.05, 0) is 26.7 Å². The van der Waals surface area contributed by atoms with Crippen LogP contribution in [0.2, 0.25) is 0 Å². The van der Waals surface area contributed by atoms with Gasteiger partial charge in [-0.2, -0.15) is 5.10 Å². The molecule has 1 aromatic rings. The number of carbonyl (C=O) groups excluding carboxylic acids is 1. The van der Waals surface area contributed by atoms with Crippen LogP contribution in [0, 0.1) is 6.92 Å². The zero-order valence-electron chi connectivity index (χ0n) is 10.8. The summed E-state index contributed by atoms with van der Waals surface area (Å²) in [5.41, 5.74) is 1.76. The van der Waals surface area contributed by atoms with Crippen molar-refractivity contribution in [1.29, 1.82) is 0 Å². The molecule has 17 heavy (non-hydrogen) atoms. The second-order valence-electron chi connectivity index (χ2n) is 4.67. The zero-order valence-corrected chi connectivity index (χ0v) is 10.8. The van der Waals surface area contributed by atoms with E-state index in [1.54, 1.807) is 6.20 Å². The van der Waals surface area contributed by atoms with Gasteiger partial charge in [0, 0.05) is 25.3 Å². The van der Waals surface area contributed by atoms with Crippen molar-refractivity contribution in [3.8, 4) is 0 Å². The van der Waals surface area contributed by atoms with Gasteiger partial charge in [-0.3, -0.25) is 9.48 Å². The van der Waals surface area contributed by atoms with Gasteiger partial charge in [0.25, 0.3) is 5.91 Å². The number of amides is 1. The lowest BCUT2D eigenvalue weighted by molar-refractivity contribution is 0.0761. The van der Waals surface area contributed by atoms with Gasteiger partial charge in [0.1, 0.15) is 0 Å². The van der Waals surface area contributed by atoms with Gasteiger partial charge in [0.05, 0.1) is 11.8 Å². The minimum Gasteiger partial charge on any atom is -0.339 e. The monoisotopic (exact) mass is 235 g/mol. The molecule has 0 N–H and O–H groups in total. The third-order valence-electron chi connectivity index (χ3n) is 3.53. The molecule has 0 atom stereocenters. The Morgan fingerprint density at radius 2 is 1.94 bits per heavy atom. The Morgan fingerprint density at radius 1 is 1.29 bits per heavy atom. The number of nitrogens with zero attached hydrogens (tertiary/aromatic N) is 3. The van der Waals surface area contributed by atoms with E-state index >= 15 is 0 Å². The first-order valence-electron chi connectivity index (χ1n) is 6.55. The van der Waals surface area contributed by atoms with Crippen LogP contribution in [-0.2, 0) is 6.54 Å². The molecule has 1 aliphatic rings. The van der Waals surface area contributed by atoms with Crippen molar-refractivity contribution in [2.24, 2.45) is 0 Å². The van der Waals surface area contributed by atoms with E-state index in [-0.39, 0.29) is 5.91 Å². The highest BCUT2D eigenvalue weighted by molar-refractivity contribution is 5.95. The number of hydrogen-bond donors (Lipinski definition) is 0. The molecule has 0 bridgehead atoms. The molecule has 1 aliphatic heterocycles. The van der Waals surface area contributed by atoms with E-state index < -0.39 is 0 Å². The fourth-order valence-electron chi connectivity index (χ4n) is 2.42. The van der Waals surface area contributed by atoms with Crippen molar-refractivity contribution in [3.63, 3.8) is 0 Å². The standard InChI is InChI=1S/C13H21N3O/c1-3-16-11(2)12(10-14-16)13(17)15-8-6-4-5-7-9-15/h10H,3-9H2,1-2H3. The van der Waals surface area contributed by atoms with Gasteiger partial charge in [-0.1, -0.05) is 12.8 Å². The summed E-state index contributed by atoms with van der Waals surface area (Å²) in [6, 6.07) is 0.